The van der Waals surface area contributed by atoms with E-state index in [9.17, 15) is 20.3 Å². The minimum atomic E-state index is -0.660. The van der Waals surface area contributed by atoms with Crippen molar-refractivity contribution >= 4 is 33.5 Å². The van der Waals surface area contributed by atoms with Crippen molar-refractivity contribution in [2.24, 2.45) is 4.99 Å². The van der Waals surface area contributed by atoms with Gasteiger partial charge in [-0.15, -0.1) is 0 Å². The highest BCUT2D eigenvalue weighted by Crippen LogP contribution is 2.42. The van der Waals surface area contributed by atoms with Crippen molar-refractivity contribution in [2.45, 2.75) is 52.4 Å². The Morgan fingerprint density at radius 3 is 2.11 bits per heavy atom. The van der Waals surface area contributed by atoms with E-state index >= 15 is 0 Å². The monoisotopic (exact) mass is 448 g/mol. The Morgan fingerprint density at radius 2 is 1.61 bits per heavy atom. The van der Waals surface area contributed by atoms with Crippen LogP contribution in [-0.2, 0) is 10.8 Å². The second-order valence-corrected chi connectivity index (χ2v) is 9.69. The second-order valence-electron chi connectivity index (χ2n) is 8.77. The van der Waals surface area contributed by atoms with Crippen molar-refractivity contribution in [1.29, 1.82) is 0 Å². The maximum absolute atomic E-state index is 11.1. The van der Waals surface area contributed by atoms with Crippen molar-refractivity contribution < 1.29 is 15.1 Å². The molecule has 0 aromatic heterocycles. The van der Waals surface area contributed by atoms with Crippen molar-refractivity contribution in [3.8, 4) is 11.5 Å². The number of benzene rings is 2. The highest BCUT2D eigenvalue weighted by Gasteiger charge is 2.25. The fourth-order valence-corrected chi connectivity index (χ4v) is 3.17. The lowest BCUT2D eigenvalue weighted by molar-refractivity contribution is -0.385. The fraction of sp³-hybridized carbons (Fsp3) is 0.381. The van der Waals surface area contributed by atoms with E-state index in [1.807, 2.05) is 26.8 Å². The van der Waals surface area contributed by atoms with E-state index in [1.165, 1.54) is 18.3 Å². The van der Waals surface area contributed by atoms with Gasteiger partial charge in [0.15, 0.2) is 0 Å². The number of rotatable bonds is 3. The molecule has 0 atom stereocenters. The Hall–Kier alpha value is -2.41. The molecule has 2 rings (SSSR count). The van der Waals surface area contributed by atoms with Crippen LogP contribution in [0.1, 0.15) is 58.2 Å². The first-order valence-corrected chi connectivity index (χ1v) is 9.60. The number of aliphatic imine (C=N–C) groups is 1. The first-order valence-electron chi connectivity index (χ1n) is 8.80. The van der Waals surface area contributed by atoms with Gasteiger partial charge in [0.2, 0.25) is 5.75 Å². The SMILES string of the molecule is CC(C)(C)c1cc(N=Cc2cc(Br)cc([N+](=O)[O-])c2O)c(O)c(C(C)(C)C)c1. The highest BCUT2D eigenvalue weighted by molar-refractivity contribution is 9.10. The van der Waals surface area contributed by atoms with Gasteiger partial charge in [-0.1, -0.05) is 63.5 Å². The lowest BCUT2D eigenvalue weighted by atomic mass is 9.80. The zero-order valence-corrected chi connectivity index (χ0v) is 18.5. The molecular weight excluding hydrogens is 424 g/mol. The number of phenols is 2. The van der Waals surface area contributed by atoms with E-state index in [1.54, 1.807) is 6.07 Å². The second kappa shape index (κ2) is 7.54. The minimum absolute atomic E-state index is 0.0562. The van der Waals surface area contributed by atoms with Crippen LogP contribution in [0.25, 0.3) is 0 Å². The molecule has 0 aliphatic rings. The van der Waals surface area contributed by atoms with Gasteiger partial charge in [0.05, 0.1) is 4.92 Å². The van der Waals surface area contributed by atoms with E-state index in [4.69, 9.17) is 0 Å². The van der Waals surface area contributed by atoms with Gasteiger partial charge in [-0.25, -0.2) is 0 Å². The van der Waals surface area contributed by atoms with Crippen LogP contribution in [0.4, 0.5) is 11.4 Å². The van der Waals surface area contributed by atoms with Crippen LogP contribution in [0.15, 0.2) is 33.7 Å². The number of nitro benzene ring substituents is 1. The average Bonchev–Trinajstić information content (AvgIpc) is 2.53. The number of aromatic hydroxyl groups is 2. The van der Waals surface area contributed by atoms with Gasteiger partial charge in [0.25, 0.3) is 0 Å². The minimum Gasteiger partial charge on any atom is -0.505 e. The van der Waals surface area contributed by atoms with Crippen LogP contribution in [0.5, 0.6) is 11.5 Å². The average molecular weight is 449 g/mol. The lowest BCUT2D eigenvalue weighted by Gasteiger charge is -2.26. The highest BCUT2D eigenvalue weighted by atomic mass is 79.9. The lowest BCUT2D eigenvalue weighted by Crippen LogP contribution is -2.16. The Labute approximate surface area is 173 Å². The Morgan fingerprint density at radius 1 is 1.00 bits per heavy atom. The number of nitrogens with zero attached hydrogens (tertiary/aromatic N) is 2. The third-order valence-corrected chi connectivity index (χ3v) is 4.85. The molecule has 0 amide bonds. The summed E-state index contributed by atoms with van der Waals surface area (Å²) >= 11 is 3.20. The maximum atomic E-state index is 11.1. The van der Waals surface area contributed by atoms with Crippen molar-refractivity contribution in [2.75, 3.05) is 0 Å². The maximum Gasteiger partial charge on any atom is 0.312 e. The summed E-state index contributed by atoms with van der Waals surface area (Å²) in [5.74, 6) is -0.416. The summed E-state index contributed by atoms with van der Waals surface area (Å²) < 4.78 is 0.446. The molecule has 0 saturated carbocycles. The van der Waals surface area contributed by atoms with E-state index < -0.39 is 16.4 Å². The molecule has 0 radical (unpaired) electrons. The Bertz CT molecular complexity index is 954. The van der Waals surface area contributed by atoms with E-state index in [-0.39, 0.29) is 22.1 Å². The molecule has 6 nitrogen and oxygen atoms in total. The van der Waals surface area contributed by atoms with Crippen LogP contribution < -0.4 is 0 Å². The van der Waals surface area contributed by atoms with Crippen LogP contribution in [0, 0.1) is 10.1 Å². The van der Waals surface area contributed by atoms with Crippen LogP contribution in [0.3, 0.4) is 0 Å². The number of phenolic OH excluding ortho intramolecular Hbond substituents is 2. The topological polar surface area (TPSA) is 96.0 Å². The summed E-state index contributed by atoms with van der Waals surface area (Å²) in [6.45, 7) is 12.2. The molecule has 0 heterocycles. The Balaban J connectivity index is 2.65. The summed E-state index contributed by atoms with van der Waals surface area (Å²) in [6.07, 6.45) is 1.32. The quantitative estimate of drug-likeness (QED) is 0.336. The predicted octanol–water partition coefficient (Wildman–Crippen LogP) is 6.11. The zero-order valence-electron chi connectivity index (χ0n) is 16.9. The van der Waals surface area contributed by atoms with Gasteiger partial charge >= 0.3 is 5.69 Å². The third-order valence-electron chi connectivity index (χ3n) is 4.39. The summed E-state index contributed by atoms with van der Waals surface area (Å²) in [5, 5.41) is 32.1. The van der Waals surface area contributed by atoms with E-state index in [0.717, 1.165) is 11.1 Å². The van der Waals surface area contributed by atoms with Crippen LogP contribution in [0.2, 0.25) is 0 Å². The molecule has 2 aromatic rings. The first-order chi connectivity index (χ1) is 12.7. The molecular formula is C21H25BrN2O4. The van der Waals surface area contributed by atoms with Gasteiger partial charge in [-0.2, -0.15) is 0 Å². The largest absolute Gasteiger partial charge is 0.505 e. The number of nitro groups is 1. The van der Waals surface area contributed by atoms with Crippen LogP contribution in [-0.4, -0.2) is 21.4 Å². The van der Waals surface area contributed by atoms with Gasteiger partial charge in [-0.05, 0) is 28.5 Å². The van der Waals surface area contributed by atoms with Gasteiger partial charge < -0.3 is 10.2 Å². The molecule has 0 unspecified atom stereocenters. The Kier molecular flexibility index (Phi) is 5.90. The molecule has 0 spiro atoms. The van der Waals surface area contributed by atoms with Crippen molar-refractivity contribution in [3.63, 3.8) is 0 Å². The summed E-state index contributed by atoms with van der Waals surface area (Å²) in [7, 11) is 0. The molecule has 2 N–H and O–H groups in total. The molecule has 0 aliphatic carbocycles. The standard InChI is InChI=1S/C21H25BrN2O4/c1-20(2,3)13-8-15(21(4,5)6)19(26)16(9-13)23-11-12-7-14(22)10-17(18(12)25)24(27)28/h7-11,25-26H,1-6H3. The van der Waals surface area contributed by atoms with Gasteiger partial charge in [-0.3, -0.25) is 15.1 Å². The van der Waals surface area contributed by atoms with E-state index in [2.05, 4.69) is 41.7 Å². The molecule has 28 heavy (non-hydrogen) atoms. The molecule has 0 bridgehead atoms. The third kappa shape index (κ3) is 4.70. The first kappa shape index (κ1) is 21.9. The predicted molar refractivity (Wildman–Crippen MR) is 115 cm³/mol. The van der Waals surface area contributed by atoms with Gasteiger partial charge in [0.1, 0.15) is 11.4 Å². The summed E-state index contributed by atoms with van der Waals surface area (Å²) in [4.78, 5) is 14.8. The molecule has 150 valence electrons. The zero-order chi connectivity index (χ0) is 21.4. The van der Waals surface area contributed by atoms with Crippen molar-refractivity contribution in [1.82, 2.24) is 0 Å². The number of hydrogen-bond donors (Lipinski definition) is 2. The molecule has 0 aliphatic heterocycles. The van der Waals surface area contributed by atoms with Crippen molar-refractivity contribution in [3.05, 3.63) is 55.5 Å². The molecule has 7 heteroatoms. The molecule has 0 saturated heterocycles. The smallest absolute Gasteiger partial charge is 0.312 e. The summed E-state index contributed by atoms with van der Waals surface area (Å²) in [5.41, 5.74) is 1.42. The molecule has 0 fully saturated rings. The van der Waals surface area contributed by atoms with Crippen LogP contribution >= 0.6 is 15.9 Å². The normalized spacial score (nSPS) is 12.5. The van der Waals surface area contributed by atoms with Gasteiger partial charge in [0, 0.05) is 27.9 Å². The molecule has 2 aromatic carbocycles. The fourth-order valence-electron chi connectivity index (χ4n) is 2.70. The summed E-state index contributed by atoms with van der Waals surface area (Å²) in [6, 6.07) is 6.53. The number of halogens is 1. The number of hydrogen-bond acceptors (Lipinski definition) is 5. The van der Waals surface area contributed by atoms with E-state index in [0.29, 0.717) is 10.2 Å².